The summed E-state index contributed by atoms with van der Waals surface area (Å²) in [7, 11) is 0. The summed E-state index contributed by atoms with van der Waals surface area (Å²) in [4.78, 5) is 0. The molecule has 6 heavy (non-hydrogen) atoms. The first-order valence-corrected chi connectivity index (χ1v) is 1.60. The molecule has 0 bridgehead atoms. The van der Waals surface area contributed by atoms with Gasteiger partial charge in [-0.05, 0) is 0 Å². The third-order valence-corrected chi connectivity index (χ3v) is 0.285. The first kappa shape index (κ1) is 5.10. The molecule has 1 nitrogen and oxygen atoms in total. The van der Waals surface area contributed by atoms with Gasteiger partial charge in [0, 0.05) is 0 Å². The molecule has 0 radical (unpaired) electrons. The van der Waals surface area contributed by atoms with Crippen molar-refractivity contribution in [1.82, 2.24) is 0 Å². The highest BCUT2D eigenvalue weighted by atomic mass is 16.5. The van der Waals surface area contributed by atoms with E-state index in [1.165, 1.54) is 0 Å². The van der Waals surface area contributed by atoms with Crippen molar-refractivity contribution in [3.8, 4) is 12.5 Å². The molecule has 0 fully saturated rings. The van der Waals surface area contributed by atoms with E-state index < -0.39 is 0 Å². The highest BCUT2D eigenvalue weighted by Crippen LogP contribution is 1.65. The summed E-state index contributed by atoms with van der Waals surface area (Å²) in [6, 6.07) is 0. The van der Waals surface area contributed by atoms with Crippen molar-refractivity contribution in [3.05, 3.63) is 12.7 Å². The Morgan fingerprint density at radius 3 is 2.83 bits per heavy atom. The van der Waals surface area contributed by atoms with Crippen LogP contribution in [0.3, 0.4) is 0 Å². The summed E-state index contributed by atoms with van der Waals surface area (Å²) in [6.07, 6.45) is 8.29. The molecule has 0 heterocycles. The van der Waals surface area contributed by atoms with E-state index in [9.17, 15) is 0 Å². The first-order valence-electron chi connectivity index (χ1n) is 1.60. The predicted octanol–water partition coefficient (Wildman–Crippen LogP) is 0.780. The SMILES string of the molecule is C#COCC=C. The topological polar surface area (TPSA) is 9.23 Å². The normalized spacial score (nSPS) is 5.83. The van der Waals surface area contributed by atoms with Crippen LogP contribution in [0.1, 0.15) is 0 Å². The van der Waals surface area contributed by atoms with E-state index in [4.69, 9.17) is 6.42 Å². The van der Waals surface area contributed by atoms with Crippen LogP contribution in [-0.2, 0) is 4.74 Å². The summed E-state index contributed by atoms with van der Waals surface area (Å²) < 4.78 is 4.39. The Balaban J connectivity index is 2.72. The minimum absolute atomic E-state index is 0.441. The molecule has 0 aliphatic heterocycles. The smallest absolute Gasteiger partial charge is 0.118 e. The molecule has 0 unspecified atom stereocenters. The average molecular weight is 82.1 g/mol. The molecule has 0 atom stereocenters. The van der Waals surface area contributed by atoms with Crippen LogP contribution >= 0.6 is 0 Å². The molecule has 0 aliphatic carbocycles. The van der Waals surface area contributed by atoms with Gasteiger partial charge in [-0.15, -0.1) is 0 Å². The maximum absolute atomic E-state index is 4.69. The zero-order valence-electron chi connectivity index (χ0n) is 3.48. The molecule has 1 heteroatoms. The number of terminal acetylenes is 1. The van der Waals surface area contributed by atoms with E-state index in [0.717, 1.165) is 0 Å². The molecule has 0 amide bonds. The maximum Gasteiger partial charge on any atom is 0.118 e. The van der Waals surface area contributed by atoms with Gasteiger partial charge in [-0.1, -0.05) is 19.1 Å². The van der Waals surface area contributed by atoms with Crippen molar-refractivity contribution in [2.75, 3.05) is 6.61 Å². The molecular weight excluding hydrogens is 76.1 g/mol. The van der Waals surface area contributed by atoms with Gasteiger partial charge < -0.3 is 4.74 Å². The Labute approximate surface area is 37.6 Å². The van der Waals surface area contributed by atoms with Crippen LogP contribution in [-0.4, -0.2) is 6.61 Å². The van der Waals surface area contributed by atoms with Crippen molar-refractivity contribution in [2.45, 2.75) is 0 Å². The second kappa shape index (κ2) is 4.10. The molecule has 0 saturated carbocycles. The fourth-order valence-electron chi connectivity index (χ4n) is 0.107. The third kappa shape index (κ3) is 3.10. The Kier molecular flexibility index (Phi) is 3.48. The van der Waals surface area contributed by atoms with Gasteiger partial charge in [0.25, 0.3) is 0 Å². The zero-order chi connectivity index (χ0) is 4.83. The largest absolute Gasteiger partial charge is 0.443 e. The van der Waals surface area contributed by atoms with E-state index in [2.05, 4.69) is 11.3 Å². The Hall–Kier alpha value is -0.900. The fourth-order valence-corrected chi connectivity index (χ4v) is 0.107. The van der Waals surface area contributed by atoms with Crippen LogP contribution in [0.25, 0.3) is 0 Å². The summed E-state index contributed by atoms with van der Waals surface area (Å²) in [5.74, 6) is 0. The Morgan fingerprint density at radius 2 is 2.67 bits per heavy atom. The van der Waals surface area contributed by atoms with Crippen molar-refractivity contribution >= 4 is 0 Å². The molecule has 0 rings (SSSR count). The molecule has 0 aromatic heterocycles. The Bertz CT molecular complexity index is 68.5. The second-order valence-corrected chi connectivity index (χ2v) is 0.718. The average Bonchev–Trinajstić information content (AvgIpc) is 1.61. The van der Waals surface area contributed by atoms with Gasteiger partial charge in [0.1, 0.15) is 12.7 Å². The summed E-state index contributed by atoms with van der Waals surface area (Å²) in [6.45, 7) is 3.82. The van der Waals surface area contributed by atoms with Crippen molar-refractivity contribution < 1.29 is 4.74 Å². The van der Waals surface area contributed by atoms with Gasteiger partial charge in [0.05, 0.1) is 0 Å². The lowest BCUT2D eigenvalue weighted by atomic mass is 10.7. The number of hydrogen-bond donors (Lipinski definition) is 0. The third-order valence-electron chi connectivity index (χ3n) is 0.285. The molecule has 32 valence electrons. The van der Waals surface area contributed by atoms with Crippen molar-refractivity contribution in [2.24, 2.45) is 0 Å². The van der Waals surface area contributed by atoms with E-state index in [-0.39, 0.29) is 0 Å². The van der Waals surface area contributed by atoms with E-state index in [0.29, 0.717) is 6.61 Å². The van der Waals surface area contributed by atoms with Crippen molar-refractivity contribution in [3.63, 3.8) is 0 Å². The summed E-state index contributed by atoms with van der Waals surface area (Å²) in [5, 5.41) is 0. The summed E-state index contributed by atoms with van der Waals surface area (Å²) in [5.41, 5.74) is 0. The van der Waals surface area contributed by atoms with Crippen LogP contribution in [0.5, 0.6) is 0 Å². The minimum atomic E-state index is 0.441. The van der Waals surface area contributed by atoms with E-state index in [1.807, 2.05) is 6.11 Å². The predicted molar refractivity (Wildman–Crippen MR) is 25.0 cm³/mol. The standard InChI is InChI=1S/C5H6O/c1-3-5-6-4-2/h2-3H,1,5H2. The van der Waals surface area contributed by atoms with E-state index >= 15 is 0 Å². The lowest BCUT2D eigenvalue weighted by Gasteiger charge is -1.82. The van der Waals surface area contributed by atoms with Crippen molar-refractivity contribution in [1.29, 1.82) is 0 Å². The second-order valence-electron chi connectivity index (χ2n) is 0.718. The molecule has 0 aliphatic rings. The summed E-state index contributed by atoms with van der Waals surface area (Å²) >= 11 is 0. The fraction of sp³-hybridized carbons (Fsp3) is 0.200. The van der Waals surface area contributed by atoms with Gasteiger partial charge in [-0.25, -0.2) is 0 Å². The monoisotopic (exact) mass is 82.0 g/mol. The molecular formula is C5H6O. The highest BCUT2D eigenvalue weighted by molar-refractivity contribution is 4.73. The zero-order valence-corrected chi connectivity index (χ0v) is 3.48. The molecule has 0 saturated heterocycles. The Morgan fingerprint density at radius 1 is 2.00 bits per heavy atom. The van der Waals surface area contributed by atoms with Crippen LogP contribution in [0.2, 0.25) is 0 Å². The highest BCUT2D eigenvalue weighted by Gasteiger charge is 1.62. The van der Waals surface area contributed by atoms with Gasteiger partial charge >= 0.3 is 0 Å². The lowest BCUT2D eigenvalue weighted by Crippen LogP contribution is -1.76. The van der Waals surface area contributed by atoms with Crippen LogP contribution in [0.4, 0.5) is 0 Å². The van der Waals surface area contributed by atoms with Crippen LogP contribution in [0, 0.1) is 12.5 Å². The molecule has 0 aromatic rings. The molecule has 0 aromatic carbocycles. The maximum atomic E-state index is 4.69. The van der Waals surface area contributed by atoms with Gasteiger partial charge in [0.15, 0.2) is 0 Å². The minimum Gasteiger partial charge on any atom is -0.443 e. The number of rotatable bonds is 2. The lowest BCUT2D eigenvalue weighted by molar-refractivity contribution is 0.322. The van der Waals surface area contributed by atoms with Gasteiger partial charge in [-0.3, -0.25) is 0 Å². The molecule has 0 spiro atoms. The molecule has 0 N–H and O–H groups in total. The van der Waals surface area contributed by atoms with E-state index in [1.54, 1.807) is 6.08 Å². The van der Waals surface area contributed by atoms with Gasteiger partial charge in [-0.2, -0.15) is 0 Å². The van der Waals surface area contributed by atoms with Crippen LogP contribution in [0.15, 0.2) is 12.7 Å². The number of ether oxygens (including phenoxy) is 1. The van der Waals surface area contributed by atoms with Crippen LogP contribution < -0.4 is 0 Å². The quantitative estimate of drug-likeness (QED) is 0.272. The first-order chi connectivity index (χ1) is 2.91. The van der Waals surface area contributed by atoms with Gasteiger partial charge in [0.2, 0.25) is 0 Å². The number of hydrogen-bond acceptors (Lipinski definition) is 1.